The topological polar surface area (TPSA) is 35.6 Å². The Morgan fingerprint density at radius 2 is 1.86 bits per heavy atom. The van der Waals surface area contributed by atoms with Crippen LogP contribution in [0, 0.1) is 13.8 Å². The minimum absolute atomic E-state index is 0. The van der Waals surface area contributed by atoms with Crippen LogP contribution in [0.4, 0.5) is 0 Å². The highest BCUT2D eigenvalue weighted by Gasteiger charge is 2.31. The molecular formula is C17H26ClN3O. The van der Waals surface area contributed by atoms with E-state index in [-0.39, 0.29) is 18.3 Å². The molecule has 1 unspecified atom stereocenters. The molecule has 2 aliphatic heterocycles. The number of carbonyl (C=O) groups is 1. The minimum Gasteiger partial charge on any atom is -0.337 e. The number of nitrogens with one attached hydrogen (secondary N) is 1. The average molecular weight is 324 g/mol. The first kappa shape index (κ1) is 17.3. The second-order valence-corrected chi connectivity index (χ2v) is 6.28. The van der Waals surface area contributed by atoms with Crippen molar-refractivity contribution in [3.8, 4) is 0 Å². The Morgan fingerprint density at radius 1 is 1.14 bits per heavy atom. The number of halogens is 1. The number of likely N-dealkylation sites (tertiary alicyclic amines) is 1. The lowest BCUT2D eigenvalue weighted by Crippen LogP contribution is -2.49. The van der Waals surface area contributed by atoms with Crippen molar-refractivity contribution in [3.63, 3.8) is 0 Å². The van der Waals surface area contributed by atoms with Crippen LogP contribution in [0.5, 0.6) is 0 Å². The van der Waals surface area contributed by atoms with Gasteiger partial charge in [-0.2, -0.15) is 0 Å². The van der Waals surface area contributed by atoms with Crippen LogP contribution in [0.1, 0.15) is 27.9 Å². The van der Waals surface area contributed by atoms with Crippen molar-refractivity contribution in [2.45, 2.75) is 26.3 Å². The van der Waals surface area contributed by atoms with Gasteiger partial charge in [-0.05, 0) is 43.5 Å². The number of rotatable bonds is 2. The quantitative estimate of drug-likeness (QED) is 0.902. The van der Waals surface area contributed by atoms with Crippen molar-refractivity contribution < 1.29 is 4.79 Å². The van der Waals surface area contributed by atoms with E-state index < -0.39 is 0 Å². The molecule has 4 nitrogen and oxygen atoms in total. The highest BCUT2D eigenvalue weighted by Crippen LogP contribution is 2.19. The van der Waals surface area contributed by atoms with Crippen molar-refractivity contribution in [1.82, 2.24) is 15.1 Å². The molecule has 122 valence electrons. The lowest BCUT2D eigenvalue weighted by Gasteiger charge is -2.32. The SMILES string of the molecule is Cc1ccc(C(=O)N2CCC(N3CCNCC3)C2)cc1C.Cl. The van der Waals surface area contributed by atoms with Crippen LogP contribution in [0.25, 0.3) is 0 Å². The molecule has 2 fully saturated rings. The van der Waals surface area contributed by atoms with Crippen molar-refractivity contribution in [2.24, 2.45) is 0 Å². The number of amides is 1. The average Bonchev–Trinajstić information content (AvgIpc) is 3.00. The second-order valence-electron chi connectivity index (χ2n) is 6.28. The molecule has 0 aromatic heterocycles. The summed E-state index contributed by atoms with van der Waals surface area (Å²) in [6, 6.07) is 6.58. The molecule has 0 radical (unpaired) electrons. The second kappa shape index (κ2) is 7.44. The van der Waals surface area contributed by atoms with E-state index in [0.717, 1.165) is 51.3 Å². The first-order valence-electron chi connectivity index (χ1n) is 7.96. The molecule has 2 saturated heterocycles. The Labute approximate surface area is 139 Å². The maximum absolute atomic E-state index is 12.6. The summed E-state index contributed by atoms with van der Waals surface area (Å²) in [6.07, 6.45) is 1.11. The molecule has 1 atom stereocenters. The summed E-state index contributed by atoms with van der Waals surface area (Å²) in [6.45, 7) is 10.3. The smallest absolute Gasteiger partial charge is 0.253 e. The number of hydrogen-bond acceptors (Lipinski definition) is 3. The summed E-state index contributed by atoms with van der Waals surface area (Å²) in [5.74, 6) is 0.190. The normalized spacial score (nSPS) is 22.5. The molecule has 0 spiro atoms. The lowest BCUT2D eigenvalue weighted by atomic mass is 10.1. The molecule has 0 saturated carbocycles. The van der Waals surface area contributed by atoms with Gasteiger partial charge in [0.2, 0.25) is 0 Å². The summed E-state index contributed by atoms with van der Waals surface area (Å²) < 4.78 is 0. The van der Waals surface area contributed by atoms with Gasteiger partial charge in [0.05, 0.1) is 0 Å². The van der Waals surface area contributed by atoms with Gasteiger partial charge in [-0.3, -0.25) is 9.69 Å². The van der Waals surface area contributed by atoms with Gasteiger partial charge in [-0.15, -0.1) is 12.4 Å². The third-order valence-corrected chi connectivity index (χ3v) is 4.87. The molecule has 1 N–H and O–H groups in total. The molecule has 2 heterocycles. The van der Waals surface area contributed by atoms with Gasteiger partial charge in [0.1, 0.15) is 0 Å². The maximum Gasteiger partial charge on any atom is 0.253 e. The number of aryl methyl sites for hydroxylation is 2. The van der Waals surface area contributed by atoms with Crippen molar-refractivity contribution >= 4 is 18.3 Å². The molecule has 2 aliphatic rings. The summed E-state index contributed by atoms with van der Waals surface area (Å²) >= 11 is 0. The van der Waals surface area contributed by atoms with Crippen LogP contribution in [-0.4, -0.2) is 61.0 Å². The van der Waals surface area contributed by atoms with Gasteiger partial charge in [0.25, 0.3) is 5.91 Å². The number of piperazine rings is 1. The van der Waals surface area contributed by atoms with Crippen LogP contribution in [0.15, 0.2) is 18.2 Å². The van der Waals surface area contributed by atoms with Gasteiger partial charge in [0, 0.05) is 50.9 Å². The van der Waals surface area contributed by atoms with E-state index in [1.807, 2.05) is 23.1 Å². The van der Waals surface area contributed by atoms with Crippen molar-refractivity contribution in [3.05, 3.63) is 34.9 Å². The fraction of sp³-hybridized carbons (Fsp3) is 0.588. The van der Waals surface area contributed by atoms with E-state index in [4.69, 9.17) is 0 Å². The van der Waals surface area contributed by atoms with Gasteiger partial charge in [-0.25, -0.2) is 0 Å². The lowest BCUT2D eigenvalue weighted by molar-refractivity contribution is 0.0773. The zero-order valence-corrected chi connectivity index (χ0v) is 14.3. The first-order chi connectivity index (χ1) is 10.1. The zero-order valence-electron chi connectivity index (χ0n) is 13.5. The summed E-state index contributed by atoms with van der Waals surface area (Å²) in [5, 5.41) is 3.39. The Balaban J connectivity index is 0.00000176. The molecule has 5 heteroatoms. The highest BCUT2D eigenvalue weighted by atomic mass is 35.5. The largest absolute Gasteiger partial charge is 0.337 e. The van der Waals surface area contributed by atoms with Crippen LogP contribution in [-0.2, 0) is 0 Å². The number of benzene rings is 1. The van der Waals surface area contributed by atoms with Gasteiger partial charge in [0.15, 0.2) is 0 Å². The van der Waals surface area contributed by atoms with Gasteiger partial charge in [-0.1, -0.05) is 6.07 Å². The molecule has 22 heavy (non-hydrogen) atoms. The van der Waals surface area contributed by atoms with E-state index in [1.165, 1.54) is 11.1 Å². The highest BCUT2D eigenvalue weighted by molar-refractivity contribution is 5.94. The predicted molar refractivity (Wildman–Crippen MR) is 91.9 cm³/mol. The van der Waals surface area contributed by atoms with E-state index >= 15 is 0 Å². The van der Waals surface area contributed by atoms with E-state index in [0.29, 0.717) is 6.04 Å². The summed E-state index contributed by atoms with van der Waals surface area (Å²) in [5.41, 5.74) is 3.27. The zero-order chi connectivity index (χ0) is 14.8. The standard InChI is InChI=1S/C17H25N3O.ClH/c1-13-3-4-15(11-14(13)2)17(21)20-8-5-16(12-20)19-9-6-18-7-10-19;/h3-4,11,16,18H,5-10,12H2,1-2H3;1H. The third kappa shape index (κ3) is 3.62. The Hall–Kier alpha value is -1.10. The van der Waals surface area contributed by atoms with Crippen LogP contribution < -0.4 is 5.32 Å². The predicted octanol–water partition coefficient (Wildman–Crippen LogP) is 1.84. The van der Waals surface area contributed by atoms with Crippen LogP contribution in [0.3, 0.4) is 0 Å². The van der Waals surface area contributed by atoms with Gasteiger partial charge >= 0.3 is 0 Å². The maximum atomic E-state index is 12.6. The van der Waals surface area contributed by atoms with E-state index in [9.17, 15) is 4.79 Å². The van der Waals surface area contributed by atoms with Crippen LogP contribution in [0.2, 0.25) is 0 Å². The van der Waals surface area contributed by atoms with Gasteiger partial charge < -0.3 is 10.2 Å². The molecule has 3 rings (SSSR count). The number of nitrogens with zero attached hydrogens (tertiary/aromatic N) is 2. The Morgan fingerprint density at radius 3 is 2.55 bits per heavy atom. The van der Waals surface area contributed by atoms with E-state index in [1.54, 1.807) is 0 Å². The molecule has 0 aliphatic carbocycles. The minimum atomic E-state index is 0. The summed E-state index contributed by atoms with van der Waals surface area (Å²) in [7, 11) is 0. The van der Waals surface area contributed by atoms with Crippen molar-refractivity contribution in [2.75, 3.05) is 39.3 Å². The number of hydrogen-bond donors (Lipinski definition) is 1. The van der Waals surface area contributed by atoms with Crippen molar-refractivity contribution in [1.29, 1.82) is 0 Å². The molecule has 1 aromatic rings. The Bertz CT molecular complexity index is 529. The monoisotopic (exact) mass is 323 g/mol. The molecule has 1 aromatic carbocycles. The Kier molecular flexibility index (Phi) is 5.84. The fourth-order valence-electron chi connectivity index (χ4n) is 3.33. The fourth-order valence-corrected chi connectivity index (χ4v) is 3.33. The van der Waals surface area contributed by atoms with E-state index in [2.05, 4.69) is 24.1 Å². The molecular weight excluding hydrogens is 298 g/mol. The number of carbonyl (C=O) groups excluding carboxylic acids is 1. The van der Waals surface area contributed by atoms with Crippen LogP contribution >= 0.6 is 12.4 Å². The third-order valence-electron chi connectivity index (χ3n) is 4.87. The summed E-state index contributed by atoms with van der Waals surface area (Å²) in [4.78, 5) is 17.2. The molecule has 0 bridgehead atoms. The molecule has 1 amide bonds. The first-order valence-corrected chi connectivity index (χ1v) is 7.96.